The smallest absolute Gasteiger partial charge is 0.332 e. The van der Waals surface area contributed by atoms with Crippen LogP contribution in [0, 0.1) is 0 Å². The predicted molar refractivity (Wildman–Crippen MR) is 38.1 cm³/mol. The fourth-order valence-electron chi connectivity index (χ4n) is 0.275. The van der Waals surface area contributed by atoms with Crippen LogP contribution in [-0.2, 0) is 14.4 Å². The second-order valence-corrected chi connectivity index (χ2v) is 2.04. The molecule has 0 aliphatic heterocycles. The number of hydroxylamine groups is 1. The maximum absolute atomic E-state index is 10.4. The first kappa shape index (κ1) is 9.64. The van der Waals surface area contributed by atoms with Crippen molar-refractivity contribution in [2.45, 2.75) is 6.92 Å². The van der Waals surface area contributed by atoms with Gasteiger partial charge in [-0.2, -0.15) is 0 Å². The monoisotopic (exact) mass is 158 g/mol. The average Bonchev–Trinajstić information content (AvgIpc) is 1.86. The van der Waals surface area contributed by atoms with Crippen molar-refractivity contribution in [1.29, 1.82) is 0 Å². The average molecular weight is 158 g/mol. The van der Waals surface area contributed by atoms with E-state index in [0.717, 1.165) is 5.57 Å². The van der Waals surface area contributed by atoms with Crippen molar-refractivity contribution in [3.8, 4) is 0 Å². The lowest BCUT2D eigenvalue weighted by Gasteiger charge is -2.01. The van der Waals surface area contributed by atoms with Crippen LogP contribution < -0.4 is 11.2 Å². The highest BCUT2D eigenvalue weighted by Gasteiger charge is 2.06. The molecule has 0 rings (SSSR count). The van der Waals surface area contributed by atoms with Gasteiger partial charge in [0.1, 0.15) is 0 Å². The fraction of sp³-hybridized carbons (Fsp3) is 0.333. The summed E-state index contributed by atoms with van der Waals surface area (Å²) in [6, 6.07) is 0. The molecule has 5 nitrogen and oxygen atoms in total. The van der Waals surface area contributed by atoms with Crippen LogP contribution in [0.15, 0.2) is 12.2 Å². The van der Waals surface area contributed by atoms with Gasteiger partial charge in [-0.05, 0) is 6.92 Å². The molecule has 0 bridgehead atoms. The molecule has 62 valence electrons. The molecule has 0 aromatic rings. The molecule has 0 aromatic carbocycles. The van der Waals surface area contributed by atoms with Gasteiger partial charge in [-0.1, -0.05) is 12.2 Å². The number of carbonyl (C=O) groups is 2. The van der Waals surface area contributed by atoms with Crippen molar-refractivity contribution in [2.75, 3.05) is 6.61 Å². The highest BCUT2D eigenvalue weighted by molar-refractivity contribution is 6.34. The Balaban J connectivity index is 3.47. The first-order chi connectivity index (χ1) is 5.04. The summed E-state index contributed by atoms with van der Waals surface area (Å²) < 4.78 is 0. The maximum Gasteiger partial charge on any atom is 0.332 e. The molecule has 0 unspecified atom stereocenters. The van der Waals surface area contributed by atoms with E-state index in [9.17, 15) is 9.59 Å². The Kier molecular flexibility index (Phi) is 3.90. The predicted octanol–water partition coefficient (Wildman–Crippen LogP) is -0.904. The van der Waals surface area contributed by atoms with Crippen LogP contribution in [0.25, 0.3) is 0 Å². The van der Waals surface area contributed by atoms with Crippen LogP contribution in [0.5, 0.6) is 0 Å². The first-order valence-electron chi connectivity index (χ1n) is 2.90. The van der Waals surface area contributed by atoms with Crippen LogP contribution in [0.1, 0.15) is 6.92 Å². The topological polar surface area (TPSA) is 81.4 Å². The van der Waals surface area contributed by atoms with E-state index in [2.05, 4.69) is 17.2 Å². The quantitative estimate of drug-likeness (QED) is 0.317. The Hall–Kier alpha value is -1.36. The van der Waals surface area contributed by atoms with Crippen molar-refractivity contribution < 1.29 is 14.4 Å². The molecular weight excluding hydrogens is 148 g/mol. The molecule has 0 spiro atoms. The number of hydrogen-bond acceptors (Lipinski definition) is 3. The van der Waals surface area contributed by atoms with Gasteiger partial charge < -0.3 is 5.73 Å². The van der Waals surface area contributed by atoms with Gasteiger partial charge >= 0.3 is 11.8 Å². The summed E-state index contributed by atoms with van der Waals surface area (Å²) in [6.07, 6.45) is 0. The molecule has 0 aliphatic rings. The number of amides is 2. The third-order valence-electron chi connectivity index (χ3n) is 0.707. The van der Waals surface area contributed by atoms with E-state index in [1.165, 1.54) is 0 Å². The van der Waals surface area contributed by atoms with E-state index in [1.807, 2.05) is 5.48 Å². The zero-order chi connectivity index (χ0) is 8.85. The number of primary amides is 1. The molecule has 0 radical (unpaired) electrons. The second-order valence-electron chi connectivity index (χ2n) is 2.04. The molecule has 5 heteroatoms. The summed E-state index contributed by atoms with van der Waals surface area (Å²) in [4.78, 5) is 25.0. The van der Waals surface area contributed by atoms with E-state index < -0.39 is 11.8 Å². The summed E-state index contributed by atoms with van der Waals surface area (Å²) >= 11 is 0. The lowest BCUT2D eigenvalue weighted by atomic mass is 10.4. The largest absolute Gasteiger partial charge is 0.361 e. The lowest BCUT2D eigenvalue weighted by molar-refractivity contribution is -0.144. The number of nitrogens with two attached hydrogens (primary N) is 1. The van der Waals surface area contributed by atoms with E-state index in [-0.39, 0.29) is 6.61 Å². The SMILES string of the molecule is C=C(C)CONC(=O)C(N)=O. The van der Waals surface area contributed by atoms with Crippen LogP contribution in [-0.4, -0.2) is 18.4 Å². The summed E-state index contributed by atoms with van der Waals surface area (Å²) in [6.45, 7) is 5.39. The standard InChI is InChI=1S/C6H10N2O3/c1-4(2)3-11-8-6(10)5(7)9/h1,3H2,2H3,(H2,7,9)(H,8,10). The molecule has 0 heterocycles. The fourth-order valence-corrected chi connectivity index (χ4v) is 0.275. The molecule has 11 heavy (non-hydrogen) atoms. The van der Waals surface area contributed by atoms with Crippen LogP contribution in [0.2, 0.25) is 0 Å². The first-order valence-corrected chi connectivity index (χ1v) is 2.90. The van der Waals surface area contributed by atoms with E-state index >= 15 is 0 Å². The molecule has 0 atom stereocenters. The van der Waals surface area contributed by atoms with Crippen molar-refractivity contribution in [3.05, 3.63) is 12.2 Å². The molecule has 3 N–H and O–H groups in total. The van der Waals surface area contributed by atoms with Crippen molar-refractivity contribution in [1.82, 2.24) is 5.48 Å². The van der Waals surface area contributed by atoms with Crippen molar-refractivity contribution in [3.63, 3.8) is 0 Å². The molecular formula is C6H10N2O3. The minimum absolute atomic E-state index is 0.166. The van der Waals surface area contributed by atoms with E-state index in [0.29, 0.717) is 0 Å². The van der Waals surface area contributed by atoms with Crippen LogP contribution in [0.4, 0.5) is 0 Å². The molecule has 0 saturated heterocycles. The summed E-state index contributed by atoms with van der Waals surface area (Å²) in [5.74, 6) is -2.04. The number of carbonyl (C=O) groups excluding carboxylic acids is 2. The van der Waals surface area contributed by atoms with Gasteiger partial charge in [-0.3, -0.25) is 14.4 Å². The lowest BCUT2D eigenvalue weighted by Crippen LogP contribution is -2.36. The zero-order valence-electron chi connectivity index (χ0n) is 6.22. The van der Waals surface area contributed by atoms with Gasteiger partial charge in [0, 0.05) is 0 Å². The molecule has 0 fully saturated rings. The van der Waals surface area contributed by atoms with Gasteiger partial charge in [-0.15, -0.1) is 0 Å². The molecule has 0 aromatic heterocycles. The van der Waals surface area contributed by atoms with E-state index in [4.69, 9.17) is 0 Å². The third kappa shape index (κ3) is 5.10. The van der Waals surface area contributed by atoms with Gasteiger partial charge in [0.15, 0.2) is 0 Å². The number of rotatable bonds is 3. The van der Waals surface area contributed by atoms with Crippen molar-refractivity contribution >= 4 is 11.8 Å². The second kappa shape index (κ2) is 4.45. The highest BCUT2D eigenvalue weighted by Crippen LogP contribution is 1.84. The number of nitrogens with one attached hydrogen (secondary N) is 1. The molecule has 0 aliphatic carbocycles. The van der Waals surface area contributed by atoms with Crippen LogP contribution in [0.3, 0.4) is 0 Å². The summed E-state index contributed by atoms with van der Waals surface area (Å²) in [7, 11) is 0. The number of hydrogen-bond donors (Lipinski definition) is 2. The van der Waals surface area contributed by atoms with Crippen LogP contribution >= 0.6 is 0 Å². The van der Waals surface area contributed by atoms with Gasteiger partial charge in [0.2, 0.25) is 0 Å². The molecule has 0 saturated carbocycles. The Morgan fingerprint density at radius 3 is 2.55 bits per heavy atom. The zero-order valence-corrected chi connectivity index (χ0v) is 6.22. The summed E-state index contributed by atoms with van der Waals surface area (Å²) in [5, 5.41) is 0. The van der Waals surface area contributed by atoms with Gasteiger partial charge in [0.25, 0.3) is 0 Å². The van der Waals surface area contributed by atoms with Gasteiger partial charge in [-0.25, -0.2) is 5.48 Å². The Morgan fingerprint density at radius 2 is 2.18 bits per heavy atom. The minimum Gasteiger partial charge on any atom is -0.361 e. The maximum atomic E-state index is 10.4. The highest BCUT2D eigenvalue weighted by atomic mass is 16.7. The van der Waals surface area contributed by atoms with Crippen molar-refractivity contribution in [2.24, 2.45) is 5.73 Å². The van der Waals surface area contributed by atoms with E-state index in [1.54, 1.807) is 6.92 Å². The third-order valence-corrected chi connectivity index (χ3v) is 0.707. The Morgan fingerprint density at radius 1 is 1.64 bits per heavy atom. The Bertz CT molecular complexity index is 188. The van der Waals surface area contributed by atoms with Gasteiger partial charge in [0.05, 0.1) is 6.61 Å². The minimum atomic E-state index is -1.08. The molecule has 2 amide bonds. The Labute approximate surface area is 64.2 Å². The normalized spacial score (nSPS) is 8.82. The summed E-state index contributed by atoms with van der Waals surface area (Å²) in [5.41, 5.74) is 7.17.